The first-order chi connectivity index (χ1) is 4.95. The first-order valence-electron chi connectivity index (χ1n) is 3.67. The zero-order valence-corrected chi connectivity index (χ0v) is 10.4. The summed E-state index contributed by atoms with van der Waals surface area (Å²) in [5.74, 6) is 0. The molecule has 0 aliphatic heterocycles. The fraction of sp³-hybridized carbons (Fsp3) is 0.857. The van der Waals surface area contributed by atoms with Gasteiger partial charge in [-0.05, 0) is 0 Å². The molecule has 0 aliphatic carbocycles. The van der Waals surface area contributed by atoms with E-state index in [0.717, 1.165) is 4.44 Å². The third-order valence-electron chi connectivity index (χ3n) is 0.766. The molecular formula is C7H15NO2Sn. The predicted molar refractivity (Wildman–Crippen MR) is 45.6 cm³/mol. The van der Waals surface area contributed by atoms with Gasteiger partial charge in [-0.3, -0.25) is 0 Å². The molecule has 0 aromatic rings. The van der Waals surface area contributed by atoms with Crippen LogP contribution in [-0.4, -0.2) is 33.1 Å². The van der Waals surface area contributed by atoms with Gasteiger partial charge in [0.05, 0.1) is 0 Å². The van der Waals surface area contributed by atoms with E-state index in [0.29, 0.717) is 0 Å². The minimum atomic E-state index is -0.664. The molecule has 2 radical (unpaired) electrons. The van der Waals surface area contributed by atoms with Gasteiger partial charge in [0.15, 0.2) is 0 Å². The maximum atomic E-state index is 10.9. The molecule has 0 aromatic heterocycles. The van der Waals surface area contributed by atoms with Crippen LogP contribution in [0.3, 0.4) is 0 Å². The molecule has 0 rings (SSSR count). The van der Waals surface area contributed by atoms with Crippen LogP contribution in [0.5, 0.6) is 0 Å². The number of hydrogen-bond acceptors (Lipinski definition) is 2. The number of nitrogens with one attached hydrogen (secondary N) is 1. The molecule has 1 N–H and O–H groups in total. The fourth-order valence-electron chi connectivity index (χ4n) is 0.464. The van der Waals surface area contributed by atoms with Crippen LogP contribution in [0.25, 0.3) is 0 Å². The van der Waals surface area contributed by atoms with Gasteiger partial charge in [0.2, 0.25) is 0 Å². The fourth-order valence-corrected chi connectivity index (χ4v) is 1.53. The van der Waals surface area contributed by atoms with Gasteiger partial charge in [-0.2, -0.15) is 0 Å². The normalized spacial score (nSPS) is 10.9. The zero-order chi connectivity index (χ0) is 8.91. The summed E-state index contributed by atoms with van der Waals surface area (Å²) < 4.78 is 8.93. The summed E-state index contributed by atoms with van der Waals surface area (Å²) in [6.07, 6.45) is -0.258. The summed E-state index contributed by atoms with van der Waals surface area (Å²) in [5.41, 5.74) is -0.364. The molecule has 0 saturated heterocycles. The van der Waals surface area contributed by atoms with Crippen molar-refractivity contribution in [2.75, 3.05) is 0 Å². The number of hydrogen-bond donors (Lipinski definition) is 1. The van der Waals surface area contributed by atoms with E-state index in [1.54, 1.807) is 0 Å². The van der Waals surface area contributed by atoms with E-state index in [-0.39, 0.29) is 11.7 Å². The molecule has 64 valence electrons. The molecule has 0 bridgehead atoms. The second-order valence-electron chi connectivity index (χ2n) is 3.16. The van der Waals surface area contributed by atoms with E-state index in [9.17, 15) is 4.79 Å². The summed E-state index contributed by atoms with van der Waals surface area (Å²) in [4.78, 5) is 10.9. The molecule has 0 heterocycles. The molecule has 0 aliphatic rings. The van der Waals surface area contributed by atoms with E-state index in [1.807, 2.05) is 20.8 Å². The summed E-state index contributed by atoms with van der Waals surface area (Å²) >= 11 is -0.664. The SMILES string of the molecule is C[CH2][Sn][NH]C(=O)OC(C)(C)C. The van der Waals surface area contributed by atoms with Crippen molar-refractivity contribution in [3.05, 3.63) is 0 Å². The third kappa shape index (κ3) is 7.97. The molecule has 3 nitrogen and oxygen atoms in total. The Morgan fingerprint density at radius 1 is 1.55 bits per heavy atom. The Labute approximate surface area is 78.5 Å². The Morgan fingerprint density at radius 3 is 2.45 bits per heavy atom. The molecule has 0 fully saturated rings. The first-order valence-corrected chi connectivity index (χ1v) is 7.12. The van der Waals surface area contributed by atoms with E-state index in [2.05, 4.69) is 10.5 Å². The van der Waals surface area contributed by atoms with Crippen molar-refractivity contribution in [3.8, 4) is 0 Å². The van der Waals surface area contributed by atoms with Crippen LogP contribution in [-0.2, 0) is 4.74 Å². The molecule has 0 aromatic carbocycles. The molecule has 0 spiro atoms. The van der Waals surface area contributed by atoms with E-state index < -0.39 is 21.4 Å². The molecule has 11 heavy (non-hydrogen) atoms. The van der Waals surface area contributed by atoms with E-state index in [4.69, 9.17) is 4.74 Å². The van der Waals surface area contributed by atoms with Gasteiger partial charge in [-0.15, -0.1) is 0 Å². The summed E-state index contributed by atoms with van der Waals surface area (Å²) in [7, 11) is 0. The first kappa shape index (κ1) is 11.1. The van der Waals surface area contributed by atoms with Crippen molar-refractivity contribution in [1.82, 2.24) is 3.54 Å². The van der Waals surface area contributed by atoms with Gasteiger partial charge in [-0.25, -0.2) is 0 Å². The van der Waals surface area contributed by atoms with Crippen LogP contribution < -0.4 is 3.54 Å². The van der Waals surface area contributed by atoms with Crippen LogP contribution in [0.15, 0.2) is 0 Å². The van der Waals surface area contributed by atoms with Crippen molar-refractivity contribution in [2.45, 2.75) is 37.7 Å². The molecule has 1 amide bonds. The average Bonchev–Trinajstić information content (AvgIpc) is 1.79. The Bertz CT molecular complexity index is 131. The van der Waals surface area contributed by atoms with Gasteiger partial charge in [-0.1, -0.05) is 0 Å². The second kappa shape index (κ2) is 4.85. The van der Waals surface area contributed by atoms with E-state index in [1.165, 1.54) is 0 Å². The minimum absolute atomic E-state index is 0.258. The van der Waals surface area contributed by atoms with Crippen molar-refractivity contribution in [2.24, 2.45) is 0 Å². The Kier molecular flexibility index (Phi) is 4.88. The molecule has 0 saturated carbocycles. The van der Waals surface area contributed by atoms with Crippen LogP contribution in [0.1, 0.15) is 27.7 Å². The maximum absolute atomic E-state index is 10.9. The van der Waals surface area contributed by atoms with Crippen molar-refractivity contribution in [1.29, 1.82) is 0 Å². The summed E-state index contributed by atoms with van der Waals surface area (Å²) in [6.45, 7) is 7.67. The van der Waals surface area contributed by atoms with Crippen LogP contribution >= 0.6 is 0 Å². The topological polar surface area (TPSA) is 38.3 Å². The molecule has 0 unspecified atom stereocenters. The van der Waals surface area contributed by atoms with Crippen molar-refractivity contribution < 1.29 is 9.53 Å². The summed E-state index contributed by atoms with van der Waals surface area (Å²) in [5, 5.41) is 0. The monoisotopic (exact) mass is 265 g/mol. The van der Waals surface area contributed by atoms with Gasteiger partial charge in [0, 0.05) is 0 Å². The number of rotatable bonds is 2. The zero-order valence-electron chi connectivity index (χ0n) is 7.52. The number of carbonyl (C=O) groups excluding carboxylic acids is 1. The van der Waals surface area contributed by atoms with Crippen molar-refractivity contribution >= 4 is 27.5 Å². The second-order valence-corrected chi connectivity index (χ2v) is 6.90. The predicted octanol–water partition coefficient (Wildman–Crippen LogP) is 1.57. The Morgan fingerprint density at radius 2 is 2.09 bits per heavy atom. The Hall–Kier alpha value is 0.0687. The number of ether oxygens (including phenoxy) is 1. The number of carbonyl (C=O) groups is 1. The van der Waals surface area contributed by atoms with E-state index >= 15 is 0 Å². The molecule has 0 atom stereocenters. The Balaban J connectivity index is 3.53. The average molecular weight is 264 g/mol. The summed E-state index contributed by atoms with van der Waals surface area (Å²) in [6, 6.07) is 0. The van der Waals surface area contributed by atoms with Gasteiger partial charge in [0.25, 0.3) is 0 Å². The van der Waals surface area contributed by atoms with Gasteiger partial charge >= 0.3 is 78.3 Å². The van der Waals surface area contributed by atoms with Crippen LogP contribution in [0.2, 0.25) is 4.44 Å². The molecule has 4 heteroatoms. The van der Waals surface area contributed by atoms with Crippen LogP contribution in [0, 0.1) is 0 Å². The van der Waals surface area contributed by atoms with Gasteiger partial charge in [0.1, 0.15) is 0 Å². The van der Waals surface area contributed by atoms with Gasteiger partial charge < -0.3 is 0 Å². The quantitative estimate of drug-likeness (QED) is 0.768. The van der Waals surface area contributed by atoms with Crippen LogP contribution in [0.4, 0.5) is 4.79 Å². The van der Waals surface area contributed by atoms with Crippen molar-refractivity contribution in [3.63, 3.8) is 0 Å². The molecular weight excluding hydrogens is 249 g/mol. The third-order valence-corrected chi connectivity index (χ3v) is 2.86. The standard InChI is InChI=1S/C5H11NO2.C2H5.Sn/c1-5(2,3)8-4(6)7;1-2;/h1-3H3,(H2,6,7);1H2,2H3;/q;;+1/p-1. The number of amides is 1.